The van der Waals surface area contributed by atoms with Crippen LogP contribution in [0, 0.1) is 10.5 Å². The zero-order chi connectivity index (χ0) is 27.8. The Morgan fingerprint density at radius 1 is 1.00 bits per heavy atom. The number of halogens is 4. The number of anilines is 2. The second-order valence-electron chi connectivity index (χ2n) is 7.59. The quantitative estimate of drug-likeness (QED) is 0.122. The maximum absolute atomic E-state index is 12.3. The van der Waals surface area contributed by atoms with Crippen LogP contribution < -0.4 is 25.5 Å². The first-order chi connectivity index (χ1) is 18.1. The summed E-state index contributed by atoms with van der Waals surface area (Å²) in [4.78, 5) is 36.5. The number of nitrogens with one attached hydrogen (secondary N) is 3. The van der Waals surface area contributed by atoms with Gasteiger partial charge < -0.3 is 20.1 Å². The van der Waals surface area contributed by atoms with Crippen LogP contribution in [0.25, 0.3) is 0 Å². The Bertz CT molecular complexity index is 1420. The Balaban J connectivity index is 1.59. The summed E-state index contributed by atoms with van der Waals surface area (Å²) in [7, 11) is 1.45. The number of methoxy groups -OCH3 is 1. The number of hydrogen-bond acceptors (Lipinski definition) is 6. The third kappa shape index (κ3) is 7.97. The second kappa shape index (κ2) is 13.7. The molecular weight excluding hydrogens is 670 g/mol. The highest BCUT2D eigenvalue weighted by Gasteiger charge is 2.16. The van der Waals surface area contributed by atoms with Gasteiger partial charge in [0.2, 0.25) is 0 Å². The van der Waals surface area contributed by atoms with Gasteiger partial charge in [0, 0.05) is 10.7 Å². The van der Waals surface area contributed by atoms with Gasteiger partial charge in [-0.25, -0.2) is 5.43 Å². The van der Waals surface area contributed by atoms with Crippen LogP contribution in [0.1, 0.15) is 11.1 Å². The third-order valence-electron chi connectivity index (χ3n) is 4.84. The number of rotatable bonds is 8. The molecule has 0 fully saturated rings. The number of hydrogen-bond donors (Lipinski definition) is 3. The van der Waals surface area contributed by atoms with Crippen molar-refractivity contribution in [3.05, 3.63) is 78.3 Å². The number of carbonyl (C=O) groups is 3. The molecule has 0 atom stereocenters. The molecule has 0 aromatic heterocycles. The van der Waals surface area contributed by atoms with Crippen molar-refractivity contribution in [2.45, 2.75) is 6.92 Å². The maximum atomic E-state index is 12.3. The lowest BCUT2D eigenvalue weighted by molar-refractivity contribution is -0.136. The van der Waals surface area contributed by atoms with Gasteiger partial charge in [-0.3, -0.25) is 14.4 Å². The molecule has 0 heterocycles. The van der Waals surface area contributed by atoms with E-state index in [-0.39, 0.29) is 28.2 Å². The fourth-order valence-corrected chi connectivity index (χ4v) is 4.26. The van der Waals surface area contributed by atoms with E-state index in [1.165, 1.54) is 19.4 Å². The van der Waals surface area contributed by atoms with E-state index >= 15 is 0 Å². The topological polar surface area (TPSA) is 118 Å². The summed E-state index contributed by atoms with van der Waals surface area (Å²) < 4.78 is 11.7. The number of hydrazone groups is 1. The van der Waals surface area contributed by atoms with Crippen LogP contribution in [-0.2, 0) is 14.4 Å². The highest BCUT2D eigenvalue weighted by atomic mass is 127. The molecule has 0 aliphatic carbocycles. The Labute approximate surface area is 246 Å². The smallest absolute Gasteiger partial charge is 0.329 e. The van der Waals surface area contributed by atoms with Crippen molar-refractivity contribution in [2.75, 3.05) is 24.4 Å². The van der Waals surface area contributed by atoms with Gasteiger partial charge in [0.05, 0.1) is 32.6 Å². The van der Waals surface area contributed by atoms with Gasteiger partial charge in [-0.05, 0) is 77.0 Å². The van der Waals surface area contributed by atoms with Crippen LogP contribution in [0.15, 0.2) is 53.6 Å². The second-order valence-corrected chi connectivity index (χ2v) is 9.94. The normalized spacial score (nSPS) is 10.7. The minimum absolute atomic E-state index is 0.111. The van der Waals surface area contributed by atoms with Crippen molar-refractivity contribution >= 4 is 92.7 Å². The molecule has 38 heavy (non-hydrogen) atoms. The van der Waals surface area contributed by atoms with Crippen LogP contribution in [-0.4, -0.2) is 37.7 Å². The van der Waals surface area contributed by atoms with E-state index in [0.29, 0.717) is 31.3 Å². The van der Waals surface area contributed by atoms with Crippen molar-refractivity contribution < 1.29 is 23.9 Å². The molecule has 3 rings (SSSR count). The van der Waals surface area contributed by atoms with Gasteiger partial charge in [0.25, 0.3) is 5.91 Å². The molecular formula is C25H20Cl3IN4O5. The lowest BCUT2D eigenvalue weighted by Crippen LogP contribution is -2.32. The summed E-state index contributed by atoms with van der Waals surface area (Å²) >= 11 is 20.0. The van der Waals surface area contributed by atoms with Crippen molar-refractivity contribution in [3.8, 4) is 11.5 Å². The molecule has 0 aliphatic heterocycles. The van der Waals surface area contributed by atoms with Gasteiger partial charge in [0.1, 0.15) is 0 Å². The number of aryl methyl sites for hydroxylation is 1. The highest BCUT2D eigenvalue weighted by molar-refractivity contribution is 14.1. The van der Waals surface area contributed by atoms with E-state index < -0.39 is 11.8 Å². The standard InChI is InChI=1S/C25H20Cl3IN4O5/c1-13-6-7-15(10-17(13)27)31-21(34)12-38-23-18(29)8-14(9-20(23)37-2)11-30-33-25(36)24(35)32-19-5-3-4-16(26)22(19)28/h3-11H,12H2,1-2H3,(H,31,34)(H,32,35)(H,33,36)/b30-11-. The minimum Gasteiger partial charge on any atom is -0.493 e. The molecule has 0 aliphatic rings. The Morgan fingerprint density at radius 2 is 1.76 bits per heavy atom. The average molecular weight is 690 g/mol. The minimum atomic E-state index is -1.01. The largest absolute Gasteiger partial charge is 0.493 e. The first-order valence-corrected chi connectivity index (χ1v) is 12.9. The zero-order valence-corrected chi connectivity index (χ0v) is 24.3. The van der Waals surface area contributed by atoms with Crippen molar-refractivity contribution in [1.82, 2.24) is 5.43 Å². The zero-order valence-electron chi connectivity index (χ0n) is 19.9. The SMILES string of the molecule is COc1cc(/C=N\NC(=O)C(=O)Nc2cccc(Cl)c2Cl)cc(I)c1OCC(=O)Nc1ccc(C)c(Cl)c1. The van der Waals surface area contributed by atoms with E-state index in [9.17, 15) is 14.4 Å². The van der Waals surface area contributed by atoms with Gasteiger partial charge in [0.15, 0.2) is 18.1 Å². The molecule has 3 aromatic carbocycles. The van der Waals surface area contributed by atoms with Crippen molar-refractivity contribution in [1.29, 1.82) is 0 Å². The summed E-state index contributed by atoms with van der Waals surface area (Å²) in [6.45, 7) is 1.59. The fourth-order valence-electron chi connectivity index (χ4n) is 2.96. The highest BCUT2D eigenvalue weighted by Crippen LogP contribution is 2.34. The molecule has 3 amide bonds. The molecule has 198 valence electrons. The van der Waals surface area contributed by atoms with Crippen LogP contribution in [0.3, 0.4) is 0 Å². The Hall–Kier alpha value is -3.06. The summed E-state index contributed by atoms with van der Waals surface area (Å²) in [6.07, 6.45) is 1.32. The molecule has 0 unspecified atom stereocenters. The van der Waals surface area contributed by atoms with Crippen LogP contribution in [0.2, 0.25) is 15.1 Å². The summed E-state index contributed by atoms with van der Waals surface area (Å²) in [5, 5.41) is 9.77. The molecule has 0 saturated heterocycles. The monoisotopic (exact) mass is 688 g/mol. The maximum Gasteiger partial charge on any atom is 0.329 e. The number of carbonyl (C=O) groups excluding carboxylic acids is 3. The number of ether oxygens (including phenoxy) is 2. The fraction of sp³-hybridized carbons (Fsp3) is 0.120. The third-order valence-corrected chi connectivity index (χ3v) is 6.87. The van der Waals surface area contributed by atoms with Crippen molar-refractivity contribution in [2.24, 2.45) is 5.10 Å². The number of amides is 3. The predicted molar refractivity (Wildman–Crippen MR) is 157 cm³/mol. The summed E-state index contributed by atoms with van der Waals surface area (Å²) in [5.74, 6) is -1.69. The Kier molecular flexibility index (Phi) is 10.6. The van der Waals surface area contributed by atoms with E-state index in [1.54, 1.807) is 42.5 Å². The molecule has 3 N–H and O–H groups in total. The number of benzene rings is 3. The lowest BCUT2D eigenvalue weighted by Gasteiger charge is -2.14. The predicted octanol–water partition coefficient (Wildman–Crippen LogP) is 5.67. The van der Waals surface area contributed by atoms with Crippen LogP contribution in [0.4, 0.5) is 11.4 Å². The van der Waals surface area contributed by atoms with Gasteiger partial charge in [-0.1, -0.05) is 46.9 Å². The molecule has 13 heteroatoms. The van der Waals surface area contributed by atoms with Gasteiger partial charge in [-0.2, -0.15) is 5.10 Å². The lowest BCUT2D eigenvalue weighted by atomic mass is 10.2. The van der Waals surface area contributed by atoms with Crippen LogP contribution in [0.5, 0.6) is 11.5 Å². The van der Waals surface area contributed by atoms with E-state index in [2.05, 4.69) is 21.2 Å². The summed E-state index contributed by atoms with van der Waals surface area (Å²) in [6, 6.07) is 13.1. The van der Waals surface area contributed by atoms with E-state index in [1.807, 2.05) is 29.5 Å². The molecule has 0 spiro atoms. The van der Waals surface area contributed by atoms with E-state index in [4.69, 9.17) is 44.3 Å². The average Bonchev–Trinajstić information content (AvgIpc) is 2.87. The Morgan fingerprint density at radius 3 is 2.47 bits per heavy atom. The van der Waals surface area contributed by atoms with Gasteiger partial charge in [-0.15, -0.1) is 0 Å². The number of nitrogens with zero attached hydrogens (tertiary/aromatic N) is 1. The van der Waals surface area contributed by atoms with Crippen LogP contribution >= 0.6 is 57.4 Å². The van der Waals surface area contributed by atoms with Gasteiger partial charge >= 0.3 is 11.8 Å². The summed E-state index contributed by atoms with van der Waals surface area (Å²) in [5.41, 5.74) is 4.31. The van der Waals surface area contributed by atoms with E-state index in [0.717, 1.165) is 5.56 Å². The molecule has 0 saturated carbocycles. The molecule has 0 bridgehead atoms. The first-order valence-electron chi connectivity index (χ1n) is 10.7. The van der Waals surface area contributed by atoms with Crippen molar-refractivity contribution in [3.63, 3.8) is 0 Å². The molecule has 0 radical (unpaired) electrons. The first kappa shape index (κ1) is 29.5. The molecule has 9 nitrogen and oxygen atoms in total. The molecule has 3 aromatic rings.